The number of nitro groups is 1. The average molecular weight is 261 g/mol. The molecule has 0 fully saturated rings. The van der Waals surface area contributed by atoms with Crippen LogP contribution < -0.4 is 15.2 Å². The van der Waals surface area contributed by atoms with Crippen molar-refractivity contribution in [3.05, 3.63) is 46.5 Å². The SMILES string of the molecule is COc1ccc([N+](=O)[O-])c(Oc2ccccc2N)n1. The molecule has 0 amide bonds. The highest BCUT2D eigenvalue weighted by atomic mass is 16.6. The lowest BCUT2D eigenvalue weighted by atomic mass is 10.3. The summed E-state index contributed by atoms with van der Waals surface area (Å²) in [6.45, 7) is 0. The molecule has 0 saturated carbocycles. The fraction of sp³-hybridized carbons (Fsp3) is 0.0833. The van der Waals surface area contributed by atoms with Gasteiger partial charge in [-0.05, 0) is 12.1 Å². The Kier molecular flexibility index (Phi) is 3.46. The van der Waals surface area contributed by atoms with Gasteiger partial charge in [-0.25, -0.2) is 0 Å². The highest BCUT2D eigenvalue weighted by molar-refractivity contribution is 5.55. The van der Waals surface area contributed by atoms with Crippen molar-refractivity contribution in [2.45, 2.75) is 0 Å². The minimum absolute atomic E-state index is 0.165. The molecule has 0 atom stereocenters. The molecule has 0 unspecified atom stereocenters. The number of pyridine rings is 1. The van der Waals surface area contributed by atoms with Crippen LogP contribution >= 0.6 is 0 Å². The summed E-state index contributed by atoms with van der Waals surface area (Å²) >= 11 is 0. The Hall–Kier alpha value is -2.83. The number of nitrogen functional groups attached to an aromatic ring is 1. The third-order valence-electron chi connectivity index (χ3n) is 2.35. The molecule has 0 aliphatic heterocycles. The van der Waals surface area contributed by atoms with Crippen LogP contribution in [0, 0.1) is 10.1 Å². The summed E-state index contributed by atoms with van der Waals surface area (Å²) in [6.07, 6.45) is 0. The summed E-state index contributed by atoms with van der Waals surface area (Å²) in [6, 6.07) is 9.31. The maximum Gasteiger partial charge on any atom is 0.331 e. The molecule has 19 heavy (non-hydrogen) atoms. The first-order chi connectivity index (χ1) is 9.11. The van der Waals surface area contributed by atoms with Crippen molar-refractivity contribution >= 4 is 11.4 Å². The molecule has 0 bridgehead atoms. The molecule has 0 radical (unpaired) electrons. The van der Waals surface area contributed by atoms with Crippen molar-refractivity contribution in [3.8, 4) is 17.5 Å². The Labute approximate surface area is 108 Å². The number of aromatic nitrogens is 1. The van der Waals surface area contributed by atoms with Gasteiger partial charge in [-0.2, -0.15) is 4.98 Å². The Morgan fingerprint density at radius 2 is 2.00 bits per heavy atom. The van der Waals surface area contributed by atoms with Crippen LogP contribution in [-0.2, 0) is 0 Å². The van der Waals surface area contributed by atoms with Gasteiger partial charge in [0, 0.05) is 12.1 Å². The minimum Gasteiger partial charge on any atom is -0.481 e. The first kappa shape index (κ1) is 12.6. The van der Waals surface area contributed by atoms with Crippen molar-refractivity contribution < 1.29 is 14.4 Å². The highest BCUT2D eigenvalue weighted by Crippen LogP contribution is 2.33. The number of methoxy groups -OCH3 is 1. The fourth-order valence-corrected chi connectivity index (χ4v) is 1.42. The van der Waals surface area contributed by atoms with E-state index in [2.05, 4.69) is 4.98 Å². The lowest BCUT2D eigenvalue weighted by Gasteiger charge is -2.08. The van der Waals surface area contributed by atoms with E-state index in [9.17, 15) is 10.1 Å². The van der Waals surface area contributed by atoms with Gasteiger partial charge in [-0.1, -0.05) is 12.1 Å². The predicted octanol–water partition coefficient (Wildman–Crippen LogP) is 2.37. The second-order valence-electron chi connectivity index (χ2n) is 3.57. The minimum atomic E-state index is -0.582. The monoisotopic (exact) mass is 261 g/mol. The maximum absolute atomic E-state index is 10.9. The van der Waals surface area contributed by atoms with Crippen molar-refractivity contribution in [2.75, 3.05) is 12.8 Å². The molecule has 0 spiro atoms. The normalized spacial score (nSPS) is 9.95. The van der Waals surface area contributed by atoms with Crippen molar-refractivity contribution in [1.82, 2.24) is 4.98 Å². The maximum atomic E-state index is 10.9. The number of hydrogen-bond donors (Lipinski definition) is 1. The quantitative estimate of drug-likeness (QED) is 0.515. The Bertz CT molecular complexity index is 616. The van der Waals surface area contributed by atoms with Crippen molar-refractivity contribution in [3.63, 3.8) is 0 Å². The zero-order valence-corrected chi connectivity index (χ0v) is 10.1. The third kappa shape index (κ3) is 2.71. The number of rotatable bonds is 4. The van der Waals surface area contributed by atoms with E-state index in [0.29, 0.717) is 11.4 Å². The Morgan fingerprint density at radius 3 is 2.63 bits per heavy atom. The largest absolute Gasteiger partial charge is 0.481 e. The summed E-state index contributed by atoms with van der Waals surface area (Å²) in [7, 11) is 1.41. The summed E-state index contributed by atoms with van der Waals surface area (Å²) < 4.78 is 10.3. The van der Waals surface area contributed by atoms with Crippen LogP contribution in [0.4, 0.5) is 11.4 Å². The van der Waals surface area contributed by atoms with E-state index in [0.717, 1.165) is 0 Å². The van der Waals surface area contributed by atoms with Crippen LogP contribution in [0.1, 0.15) is 0 Å². The predicted molar refractivity (Wildman–Crippen MR) is 68.4 cm³/mol. The molecule has 1 aromatic heterocycles. The van der Waals surface area contributed by atoms with Crippen molar-refractivity contribution in [2.24, 2.45) is 0 Å². The lowest BCUT2D eigenvalue weighted by Crippen LogP contribution is -1.99. The Morgan fingerprint density at radius 1 is 1.26 bits per heavy atom. The first-order valence-electron chi connectivity index (χ1n) is 5.33. The van der Waals surface area contributed by atoms with Crippen LogP contribution in [0.15, 0.2) is 36.4 Å². The van der Waals surface area contributed by atoms with Crippen molar-refractivity contribution in [1.29, 1.82) is 0 Å². The second-order valence-corrected chi connectivity index (χ2v) is 3.57. The van der Waals surface area contributed by atoms with Gasteiger partial charge in [-0.15, -0.1) is 0 Å². The van der Waals surface area contributed by atoms with Crippen LogP contribution in [0.5, 0.6) is 17.5 Å². The van der Waals surface area contributed by atoms with E-state index in [1.807, 2.05) is 0 Å². The number of anilines is 1. The van der Waals surface area contributed by atoms with Crippen LogP contribution in [0.2, 0.25) is 0 Å². The summed E-state index contributed by atoms with van der Waals surface area (Å²) in [5.41, 5.74) is 5.81. The number of nitrogens with zero attached hydrogens (tertiary/aromatic N) is 2. The fourth-order valence-electron chi connectivity index (χ4n) is 1.42. The number of benzene rings is 1. The number of para-hydroxylation sites is 2. The molecule has 2 aromatic rings. The molecule has 2 N–H and O–H groups in total. The van der Waals surface area contributed by atoms with Crippen LogP contribution in [0.25, 0.3) is 0 Å². The zero-order chi connectivity index (χ0) is 13.8. The Balaban J connectivity index is 2.43. The molecule has 0 saturated heterocycles. The van der Waals surface area contributed by atoms with E-state index in [1.165, 1.54) is 19.2 Å². The molecule has 7 nitrogen and oxygen atoms in total. The van der Waals surface area contributed by atoms with Gasteiger partial charge in [-0.3, -0.25) is 10.1 Å². The van der Waals surface area contributed by atoms with E-state index >= 15 is 0 Å². The van der Waals surface area contributed by atoms with Gasteiger partial charge in [0.2, 0.25) is 5.88 Å². The number of nitrogens with two attached hydrogens (primary N) is 1. The van der Waals surface area contributed by atoms with E-state index in [-0.39, 0.29) is 17.4 Å². The lowest BCUT2D eigenvalue weighted by molar-refractivity contribution is -0.386. The van der Waals surface area contributed by atoms with Gasteiger partial charge in [0.15, 0.2) is 5.75 Å². The number of hydrogen-bond acceptors (Lipinski definition) is 6. The van der Waals surface area contributed by atoms with Gasteiger partial charge >= 0.3 is 11.6 Å². The van der Waals surface area contributed by atoms with E-state index in [4.69, 9.17) is 15.2 Å². The molecule has 0 aliphatic rings. The average Bonchev–Trinajstić information content (AvgIpc) is 2.41. The molecule has 0 aliphatic carbocycles. The van der Waals surface area contributed by atoms with Crippen LogP contribution in [0.3, 0.4) is 0 Å². The molecule has 1 aromatic carbocycles. The van der Waals surface area contributed by atoms with E-state index in [1.54, 1.807) is 24.3 Å². The molecular weight excluding hydrogens is 250 g/mol. The van der Waals surface area contributed by atoms with Gasteiger partial charge in [0.1, 0.15) is 0 Å². The summed E-state index contributed by atoms with van der Waals surface area (Å²) in [4.78, 5) is 14.2. The van der Waals surface area contributed by atoms with Gasteiger partial charge in [0.05, 0.1) is 17.7 Å². The zero-order valence-electron chi connectivity index (χ0n) is 10.1. The number of ether oxygens (including phenoxy) is 2. The third-order valence-corrected chi connectivity index (χ3v) is 2.35. The molecule has 7 heteroatoms. The summed E-state index contributed by atoms with van der Waals surface area (Å²) in [5.74, 6) is 0.351. The molecule has 2 rings (SSSR count). The van der Waals surface area contributed by atoms with Gasteiger partial charge < -0.3 is 15.2 Å². The molecular formula is C12H11N3O4. The molecule has 98 valence electrons. The second kappa shape index (κ2) is 5.21. The van der Waals surface area contributed by atoms with Gasteiger partial charge in [0.25, 0.3) is 0 Å². The smallest absolute Gasteiger partial charge is 0.331 e. The topological polar surface area (TPSA) is 101 Å². The highest BCUT2D eigenvalue weighted by Gasteiger charge is 2.19. The first-order valence-corrected chi connectivity index (χ1v) is 5.33. The summed E-state index contributed by atoms with van der Waals surface area (Å²) in [5, 5.41) is 10.9. The van der Waals surface area contributed by atoms with Crippen LogP contribution in [-0.4, -0.2) is 17.0 Å². The van der Waals surface area contributed by atoms with E-state index < -0.39 is 4.92 Å². The molecule has 1 heterocycles. The standard InChI is InChI=1S/C12H11N3O4/c1-18-11-7-6-9(15(16)17)12(14-11)19-10-5-3-2-4-8(10)13/h2-7H,13H2,1H3.